The van der Waals surface area contributed by atoms with Gasteiger partial charge in [0.2, 0.25) is 5.91 Å². The molecular weight excluding hydrogens is 395 g/mol. The molecule has 1 aromatic heterocycles. The number of nitrogens with two attached hydrogens (primary N) is 1. The first kappa shape index (κ1) is 20.6. The number of nitrogens with one attached hydrogen (secondary N) is 1. The van der Waals surface area contributed by atoms with E-state index in [9.17, 15) is 9.59 Å². The highest BCUT2D eigenvalue weighted by Gasteiger charge is 2.32. The highest BCUT2D eigenvalue weighted by molar-refractivity contribution is 7.09. The van der Waals surface area contributed by atoms with Gasteiger partial charge in [-0.15, -0.1) is 23.7 Å². The zero-order valence-corrected chi connectivity index (χ0v) is 16.4. The van der Waals surface area contributed by atoms with Gasteiger partial charge < -0.3 is 16.0 Å². The molecule has 1 fully saturated rings. The Morgan fingerprint density at radius 2 is 2.19 bits per heavy atom. The number of halogens is 2. The summed E-state index contributed by atoms with van der Waals surface area (Å²) in [5.41, 5.74) is 6.50. The second kappa shape index (κ2) is 9.32. The molecule has 1 aromatic carbocycles. The van der Waals surface area contributed by atoms with Crippen LogP contribution in [0.1, 0.15) is 28.3 Å². The maximum atomic E-state index is 12.8. The van der Waals surface area contributed by atoms with Crippen molar-refractivity contribution in [2.24, 2.45) is 5.73 Å². The Morgan fingerprint density at radius 3 is 2.92 bits per heavy atom. The van der Waals surface area contributed by atoms with Crippen LogP contribution >= 0.6 is 35.3 Å². The number of para-hydroxylation sites is 1. The van der Waals surface area contributed by atoms with Crippen molar-refractivity contribution in [2.75, 3.05) is 18.0 Å². The summed E-state index contributed by atoms with van der Waals surface area (Å²) in [6.45, 7) is 1.08. The molecule has 3 N–H and O–H groups in total. The number of anilines is 1. The fraction of sp³-hybridized carbons (Fsp3) is 0.353. The van der Waals surface area contributed by atoms with Gasteiger partial charge >= 0.3 is 0 Å². The molecule has 3 rings (SSSR count). The molecule has 1 aliphatic heterocycles. The lowest BCUT2D eigenvalue weighted by atomic mass is 10.0. The Bertz CT molecular complexity index is 784. The number of hydrogen-bond acceptors (Lipinski definition) is 5. The van der Waals surface area contributed by atoms with E-state index in [1.807, 2.05) is 18.2 Å². The van der Waals surface area contributed by atoms with E-state index < -0.39 is 6.04 Å². The minimum Gasteiger partial charge on any atom is -0.339 e. The summed E-state index contributed by atoms with van der Waals surface area (Å²) < 4.78 is 0. The van der Waals surface area contributed by atoms with Crippen LogP contribution in [0.4, 0.5) is 5.69 Å². The lowest BCUT2D eigenvalue weighted by molar-refractivity contribution is -0.121. The molecule has 0 bridgehead atoms. The summed E-state index contributed by atoms with van der Waals surface area (Å²) in [6.07, 6.45) is 2.03. The van der Waals surface area contributed by atoms with Gasteiger partial charge in [-0.05, 0) is 31.5 Å². The summed E-state index contributed by atoms with van der Waals surface area (Å²) in [5, 5.41) is 5.83. The standard InChI is InChI=1S/C17H19ClN4O2S.ClH/c18-11-4-1-2-6-14(11)22-9-3-5-12(17(22)24)21-16(23)13-10-25-15(20-13)7-8-19;/h1-2,4,6,10,12H,3,5,7-9,19H2,(H,21,23);1H. The van der Waals surface area contributed by atoms with Crippen molar-refractivity contribution in [1.82, 2.24) is 10.3 Å². The van der Waals surface area contributed by atoms with Crippen molar-refractivity contribution < 1.29 is 9.59 Å². The van der Waals surface area contributed by atoms with Crippen LogP contribution in [0.2, 0.25) is 5.02 Å². The van der Waals surface area contributed by atoms with Gasteiger partial charge in [0.05, 0.1) is 15.7 Å². The number of benzene rings is 1. The number of rotatable bonds is 5. The molecule has 0 aliphatic carbocycles. The van der Waals surface area contributed by atoms with E-state index in [-0.39, 0.29) is 24.2 Å². The quantitative estimate of drug-likeness (QED) is 0.786. The molecule has 0 spiro atoms. The maximum Gasteiger partial charge on any atom is 0.271 e. The van der Waals surface area contributed by atoms with Gasteiger partial charge in [0.1, 0.15) is 11.7 Å². The molecule has 2 heterocycles. The Kier molecular flexibility index (Phi) is 7.40. The van der Waals surface area contributed by atoms with E-state index in [1.54, 1.807) is 16.3 Å². The predicted octanol–water partition coefficient (Wildman–Crippen LogP) is 2.64. The lowest BCUT2D eigenvalue weighted by Gasteiger charge is -2.33. The van der Waals surface area contributed by atoms with Crippen LogP contribution in [0.5, 0.6) is 0 Å². The molecule has 0 saturated carbocycles. The lowest BCUT2D eigenvalue weighted by Crippen LogP contribution is -2.52. The highest BCUT2D eigenvalue weighted by atomic mass is 35.5. The van der Waals surface area contributed by atoms with Crippen molar-refractivity contribution in [3.05, 3.63) is 45.4 Å². The first-order valence-corrected chi connectivity index (χ1v) is 9.37. The molecule has 2 amide bonds. The van der Waals surface area contributed by atoms with Crippen LogP contribution in [-0.4, -0.2) is 35.9 Å². The monoisotopic (exact) mass is 414 g/mol. The van der Waals surface area contributed by atoms with E-state index in [0.29, 0.717) is 42.3 Å². The number of carbonyl (C=O) groups excluding carboxylic acids is 2. The minimum absolute atomic E-state index is 0. The molecule has 1 aliphatic rings. The molecule has 0 radical (unpaired) electrons. The normalized spacial score (nSPS) is 16.9. The average Bonchev–Trinajstić information content (AvgIpc) is 3.07. The first-order chi connectivity index (χ1) is 12.1. The van der Waals surface area contributed by atoms with Gasteiger partial charge in [0.25, 0.3) is 5.91 Å². The average molecular weight is 415 g/mol. The van der Waals surface area contributed by atoms with E-state index in [2.05, 4.69) is 10.3 Å². The molecule has 9 heteroatoms. The third-order valence-electron chi connectivity index (χ3n) is 4.03. The number of thiazole rings is 1. The van der Waals surface area contributed by atoms with Crippen LogP contribution in [0, 0.1) is 0 Å². The first-order valence-electron chi connectivity index (χ1n) is 8.11. The molecule has 1 saturated heterocycles. The van der Waals surface area contributed by atoms with E-state index in [1.165, 1.54) is 11.3 Å². The number of nitrogens with zero attached hydrogens (tertiary/aromatic N) is 2. The fourth-order valence-electron chi connectivity index (χ4n) is 2.80. The van der Waals surface area contributed by atoms with Crippen molar-refractivity contribution in [1.29, 1.82) is 0 Å². The van der Waals surface area contributed by atoms with Gasteiger partial charge in [-0.1, -0.05) is 23.7 Å². The van der Waals surface area contributed by atoms with Gasteiger partial charge in [-0.3, -0.25) is 9.59 Å². The third-order valence-corrected chi connectivity index (χ3v) is 5.26. The van der Waals surface area contributed by atoms with E-state index in [4.69, 9.17) is 17.3 Å². The van der Waals surface area contributed by atoms with Gasteiger partial charge in [0.15, 0.2) is 0 Å². The van der Waals surface area contributed by atoms with Crippen LogP contribution in [-0.2, 0) is 11.2 Å². The maximum absolute atomic E-state index is 12.8. The third kappa shape index (κ3) is 4.54. The van der Waals surface area contributed by atoms with Gasteiger partial charge in [-0.2, -0.15) is 0 Å². The number of aromatic nitrogens is 1. The number of carbonyl (C=O) groups is 2. The second-order valence-electron chi connectivity index (χ2n) is 5.77. The Balaban J connectivity index is 0.00000243. The van der Waals surface area contributed by atoms with Crippen molar-refractivity contribution in [3.8, 4) is 0 Å². The van der Waals surface area contributed by atoms with Crippen molar-refractivity contribution in [2.45, 2.75) is 25.3 Å². The molecule has 2 aromatic rings. The zero-order valence-electron chi connectivity index (χ0n) is 14.0. The van der Waals surface area contributed by atoms with Crippen molar-refractivity contribution >= 4 is 52.8 Å². The van der Waals surface area contributed by atoms with Gasteiger partial charge in [0, 0.05) is 18.3 Å². The molecule has 140 valence electrons. The predicted molar refractivity (Wildman–Crippen MR) is 106 cm³/mol. The second-order valence-corrected chi connectivity index (χ2v) is 7.12. The van der Waals surface area contributed by atoms with Crippen LogP contribution < -0.4 is 16.0 Å². The molecule has 6 nitrogen and oxygen atoms in total. The Hall–Kier alpha value is -1.67. The largest absolute Gasteiger partial charge is 0.339 e. The summed E-state index contributed by atoms with van der Waals surface area (Å²) in [7, 11) is 0. The summed E-state index contributed by atoms with van der Waals surface area (Å²) >= 11 is 7.60. The Labute approximate surface area is 167 Å². The van der Waals surface area contributed by atoms with Gasteiger partial charge in [-0.25, -0.2) is 4.98 Å². The molecule has 1 atom stereocenters. The van der Waals surface area contributed by atoms with Crippen LogP contribution in [0.15, 0.2) is 29.6 Å². The topological polar surface area (TPSA) is 88.3 Å². The number of hydrogen-bond donors (Lipinski definition) is 2. The fourth-order valence-corrected chi connectivity index (χ4v) is 3.84. The summed E-state index contributed by atoms with van der Waals surface area (Å²) in [5.74, 6) is -0.482. The summed E-state index contributed by atoms with van der Waals surface area (Å²) in [6, 6.07) is 6.65. The number of piperidine rings is 1. The van der Waals surface area contributed by atoms with Crippen molar-refractivity contribution in [3.63, 3.8) is 0 Å². The molecular formula is C17H20Cl2N4O2S. The van der Waals surface area contributed by atoms with Crippen LogP contribution in [0.25, 0.3) is 0 Å². The van der Waals surface area contributed by atoms with Crippen LogP contribution in [0.3, 0.4) is 0 Å². The molecule has 1 unspecified atom stereocenters. The highest BCUT2D eigenvalue weighted by Crippen LogP contribution is 2.28. The molecule has 26 heavy (non-hydrogen) atoms. The smallest absolute Gasteiger partial charge is 0.271 e. The SMILES string of the molecule is Cl.NCCc1nc(C(=O)NC2CCCN(c3ccccc3Cl)C2=O)cs1. The number of amides is 2. The van der Waals surface area contributed by atoms with E-state index in [0.717, 1.165) is 11.4 Å². The minimum atomic E-state index is -0.572. The zero-order chi connectivity index (χ0) is 17.8. The van der Waals surface area contributed by atoms with E-state index >= 15 is 0 Å². The Morgan fingerprint density at radius 1 is 1.42 bits per heavy atom. The summed E-state index contributed by atoms with van der Waals surface area (Å²) in [4.78, 5) is 31.1.